The molecule has 3 unspecified atom stereocenters. The maximum Gasteiger partial charge on any atom is 0.0794 e. The maximum absolute atomic E-state index is 6.33. The Morgan fingerprint density at radius 1 is 1.35 bits per heavy atom. The molecule has 0 saturated carbocycles. The van der Waals surface area contributed by atoms with Crippen molar-refractivity contribution in [2.75, 3.05) is 6.61 Å². The summed E-state index contributed by atoms with van der Waals surface area (Å²) < 4.78 is 7.90. The van der Waals surface area contributed by atoms with Crippen molar-refractivity contribution in [3.63, 3.8) is 0 Å². The monoisotopic (exact) mass is 361 g/mol. The molecule has 1 aromatic carbocycles. The fourth-order valence-electron chi connectivity index (χ4n) is 2.27. The predicted octanol–water partition coefficient (Wildman–Crippen LogP) is 3.94. The van der Waals surface area contributed by atoms with Crippen LogP contribution >= 0.6 is 31.9 Å². The lowest BCUT2D eigenvalue weighted by Crippen LogP contribution is -2.30. The smallest absolute Gasteiger partial charge is 0.0794 e. The molecule has 0 aromatic heterocycles. The van der Waals surface area contributed by atoms with Crippen molar-refractivity contribution in [2.45, 2.75) is 32.4 Å². The lowest BCUT2D eigenvalue weighted by atomic mass is 9.93. The topological polar surface area (TPSA) is 35.2 Å². The first-order valence-electron chi connectivity index (χ1n) is 5.83. The Hall–Kier alpha value is 0.1000. The third-order valence-corrected chi connectivity index (χ3v) is 4.98. The molecule has 3 atom stereocenters. The number of nitrogens with two attached hydrogens (primary N) is 1. The SMILES string of the molecule is Cc1cc(Br)c(C(N)C2OCCC2C)cc1Br. The molecule has 0 bridgehead atoms. The van der Waals surface area contributed by atoms with E-state index in [0.29, 0.717) is 5.92 Å². The highest BCUT2D eigenvalue weighted by atomic mass is 79.9. The summed E-state index contributed by atoms with van der Waals surface area (Å²) in [6.45, 7) is 5.09. The van der Waals surface area contributed by atoms with E-state index < -0.39 is 0 Å². The summed E-state index contributed by atoms with van der Waals surface area (Å²) in [6.07, 6.45) is 1.23. The Labute approximate surface area is 119 Å². The quantitative estimate of drug-likeness (QED) is 0.864. The fourth-order valence-corrected chi connectivity index (χ4v) is 3.35. The summed E-state index contributed by atoms with van der Waals surface area (Å²) in [6, 6.07) is 4.12. The summed E-state index contributed by atoms with van der Waals surface area (Å²) >= 11 is 7.15. The second-order valence-electron chi connectivity index (χ2n) is 4.75. The van der Waals surface area contributed by atoms with Gasteiger partial charge in [0.05, 0.1) is 12.1 Å². The van der Waals surface area contributed by atoms with Crippen molar-refractivity contribution in [1.82, 2.24) is 0 Å². The molecule has 0 amide bonds. The van der Waals surface area contributed by atoms with Gasteiger partial charge in [-0.1, -0.05) is 38.8 Å². The number of benzene rings is 1. The molecule has 0 radical (unpaired) electrons. The van der Waals surface area contributed by atoms with E-state index >= 15 is 0 Å². The number of rotatable bonds is 2. The molecule has 0 aliphatic carbocycles. The standard InChI is InChI=1S/C13H17Br2NO/c1-7-3-4-17-13(7)12(16)9-6-10(14)8(2)5-11(9)15/h5-7,12-13H,3-4,16H2,1-2H3. The van der Waals surface area contributed by atoms with Crippen LogP contribution in [0.25, 0.3) is 0 Å². The highest BCUT2D eigenvalue weighted by molar-refractivity contribution is 9.11. The highest BCUT2D eigenvalue weighted by Gasteiger charge is 2.31. The molecule has 2 rings (SSSR count). The molecule has 94 valence electrons. The molecule has 4 heteroatoms. The minimum atomic E-state index is -0.0706. The molecule has 1 fully saturated rings. The number of halogens is 2. The van der Waals surface area contributed by atoms with Crippen LogP contribution in [0.2, 0.25) is 0 Å². The van der Waals surface area contributed by atoms with E-state index in [1.807, 2.05) is 0 Å². The first kappa shape index (κ1) is 13.5. The molecule has 2 N–H and O–H groups in total. The van der Waals surface area contributed by atoms with Crippen LogP contribution in [0.4, 0.5) is 0 Å². The van der Waals surface area contributed by atoms with Crippen LogP contribution < -0.4 is 5.73 Å². The average Bonchev–Trinajstić information content (AvgIpc) is 2.69. The van der Waals surface area contributed by atoms with Gasteiger partial charge >= 0.3 is 0 Å². The zero-order chi connectivity index (χ0) is 12.6. The highest BCUT2D eigenvalue weighted by Crippen LogP contribution is 2.35. The van der Waals surface area contributed by atoms with Crippen LogP contribution in [0.15, 0.2) is 21.1 Å². The summed E-state index contributed by atoms with van der Waals surface area (Å²) in [5.41, 5.74) is 8.65. The minimum absolute atomic E-state index is 0.0706. The van der Waals surface area contributed by atoms with Crippen LogP contribution in [0.1, 0.15) is 30.5 Å². The van der Waals surface area contributed by atoms with Gasteiger partial charge in [0.15, 0.2) is 0 Å². The van der Waals surface area contributed by atoms with Crippen LogP contribution in [-0.2, 0) is 4.74 Å². The normalized spacial score (nSPS) is 26.2. The Bertz CT molecular complexity index is 422. The minimum Gasteiger partial charge on any atom is -0.376 e. The van der Waals surface area contributed by atoms with E-state index in [1.165, 1.54) is 5.56 Å². The summed E-state index contributed by atoms with van der Waals surface area (Å²) in [7, 11) is 0. The molecular formula is C13H17Br2NO. The molecule has 1 aromatic rings. The van der Waals surface area contributed by atoms with Gasteiger partial charge in [-0.25, -0.2) is 0 Å². The van der Waals surface area contributed by atoms with Crippen molar-refractivity contribution in [1.29, 1.82) is 0 Å². The third-order valence-electron chi connectivity index (χ3n) is 3.44. The fraction of sp³-hybridized carbons (Fsp3) is 0.538. The Morgan fingerprint density at radius 2 is 2.06 bits per heavy atom. The summed E-state index contributed by atoms with van der Waals surface area (Å²) in [4.78, 5) is 0. The first-order valence-corrected chi connectivity index (χ1v) is 7.42. The molecule has 0 spiro atoms. The average molecular weight is 363 g/mol. The van der Waals surface area contributed by atoms with Crippen molar-refractivity contribution in [3.8, 4) is 0 Å². The van der Waals surface area contributed by atoms with Crippen LogP contribution in [-0.4, -0.2) is 12.7 Å². The second kappa shape index (κ2) is 5.39. The molecule has 1 saturated heterocycles. The van der Waals surface area contributed by atoms with Gasteiger partial charge in [-0.15, -0.1) is 0 Å². The largest absolute Gasteiger partial charge is 0.376 e. The van der Waals surface area contributed by atoms with Gasteiger partial charge in [-0.3, -0.25) is 0 Å². The molecule has 1 aliphatic heterocycles. The van der Waals surface area contributed by atoms with Gasteiger partial charge in [0.1, 0.15) is 0 Å². The summed E-state index contributed by atoms with van der Waals surface area (Å²) in [5.74, 6) is 0.525. The predicted molar refractivity (Wildman–Crippen MR) is 77.0 cm³/mol. The number of ether oxygens (including phenoxy) is 1. The molecular weight excluding hydrogens is 346 g/mol. The Balaban J connectivity index is 2.30. The third kappa shape index (κ3) is 2.75. The van der Waals surface area contributed by atoms with E-state index in [1.54, 1.807) is 0 Å². The van der Waals surface area contributed by atoms with E-state index in [-0.39, 0.29) is 12.1 Å². The Morgan fingerprint density at radius 3 is 2.65 bits per heavy atom. The van der Waals surface area contributed by atoms with Gasteiger partial charge in [-0.05, 0) is 42.5 Å². The number of hydrogen-bond donors (Lipinski definition) is 1. The van der Waals surface area contributed by atoms with Gasteiger partial charge < -0.3 is 10.5 Å². The van der Waals surface area contributed by atoms with E-state index in [4.69, 9.17) is 10.5 Å². The van der Waals surface area contributed by atoms with Crippen LogP contribution in [0.5, 0.6) is 0 Å². The van der Waals surface area contributed by atoms with Crippen LogP contribution in [0.3, 0.4) is 0 Å². The number of aryl methyl sites for hydroxylation is 1. The van der Waals surface area contributed by atoms with Gasteiger partial charge in [0.25, 0.3) is 0 Å². The van der Waals surface area contributed by atoms with Crippen molar-refractivity contribution in [2.24, 2.45) is 11.7 Å². The summed E-state index contributed by atoms with van der Waals surface area (Å²) in [5, 5.41) is 0. The zero-order valence-corrected chi connectivity index (χ0v) is 13.2. The molecule has 2 nitrogen and oxygen atoms in total. The van der Waals surface area contributed by atoms with Crippen molar-refractivity contribution < 1.29 is 4.74 Å². The van der Waals surface area contributed by atoms with Crippen LogP contribution in [0, 0.1) is 12.8 Å². The van der Waals surface area contributed by atoms with Gasteiger partial charge in [-0.2, -0.15) is 0 Å². The molecule has 1 aliphatic rings. The lowest BCUT2D eigenvalue weighted by molar-refractivity contribution is 0.0723. The molecule has 17 heavy (non-hydrogen) atoms. The maximum atomic E-state index is 6.33. The van der Waals surface area contributed by atoms with Gasteiger partial charge in [0.2, 0.25) is 0 Å². The molecule has 1 heterocycles. The second-order valence-corrected chi connectivity index (χ2v) is 6.46. The van der Waals surface area contributed by atoms with Crippen molar-refractivity contribution >= 4 is 31.9 Å². The van der Waals surface area contributed by atoms with Crippen molar-refractivity contribution in [3.05, 3.63) is 32.2 Å². The van der Waals surface area contributed by atoms with E-state index in [2.05, 4.69) is 57.8 Å². The lowest BCUT2D eigenvalue weighted by Gasteiger charge is -2.24. The Kier molecular flexibility index (Phi) is 4.29. The van der Waals surface area contributed by atoms with Gasteiger partial charge in [0, 0.05) is 15.6 Å². The van der Waals surface area contributed by atoms with E-state index in [0.717, 1.165) is 27.5 Å². The zero-order valence-electron chi connectivity index (χ0n) is 10.0. The van der Waals surface area contributed by atoms with E-state index in [9.17, 15) is 0 Å². The number of hydrogen-bond acceptors (Lipinski definition) is 2. The first-order chi connectivity index (χ1) is 8.00.